The minimum Gasteiger partial charge on any atom is -0.394 e. The summed E-state index contributed by atoms with van der Waals surface area (Å²) in [5.41, 5.74) is 3.67. The van der Waals surface area contributed by atoms with E-state index in [1.807, 2.05) is 13.0 Å². The van der Waals surface area contributed by atoms with E-state index >= 15 is 0 Å². The summed E-state index contributed by atoms with van der Waals surface area (Å²) in [5.74, 6) is 0. The SMILES string of the molecule is Cc1cccc2c1CC(C)(CO)N2. The normalized spacial score (nSPS) is 25.5. The lowest BCUT2D eigenvalue weighted by molar-refractivity contribution is 0.227. The van der Waals surface area contributed by atoms with Crippen LogP contribution in [0.4, 0.5) is 5.69 Å². The van der Waals surface area contributed by atoms with Gasteiger partial charge in [-0.15, -0.1) is 0 Å². The van der Waals surface area contributed by atoms with Gasteiger partial charge >= 0.3 is 0 Å². The average Bonchev–Trinajstić information content (AvgIpc) is 2.45. The highest BCUT2D eigenvalue weighted by atomic mass is 16.3. The molecule has 0 aliphatic carbocycles. The number of rotatable bonds is 1. The van der Waals surface area contributed by atoms with Crippen molar-refractivity contribution in [2.24, 2.45) is 0 Å². The van der Waals surface area contributed by atoms with E-state index in [1.54, 1.807) is 0 Å². The molecular weight excluding hydrogens is 162 g/mol. The van der Waals surface area contributed by atoms with Gasteiger partial charge in [0.2, 0.25) is 0 Å². The van der Waals surface area contributed by atoms with Gasteiger partial charge in [0.25, 0.3) is 0 Å². The summed E-state index contributed by atoms with van der Waals surface area (Å²) >= 11 is 0. The van der Waals surface area contributed by atoms with Crippen LogP contribution < -0.4 is 5.32 Å². The van der Waals surface area contributed by atoms with E-state index in [4.69, 9.17) is 0 Å². The quantitative estimate of drug-likeness (QED) is 0.684. The number of aliphatic hydroxyl groups is 1. The number of fused-ring (bicyclic) bond motifs is 1. The molecule has 0 fully saturated rings. The molecule has 0 saturated heterocycles. The molecular formula is C11H15NO. The molecule has 0 spiro atoms. The van der Waals surface area contributed by atoms with Gasteiger partial charge in [0.05, 0.1) is 12.1 Å². The molecule has 2 rings (SSSR count). The van der Waals surface area contributed by atoms with E-state index in [0.29, 0.717) is 0 Å². The molecule has 1 aliphatic heterocycles. The van der Waals surface area contributed by atoms with Crippen LogP contribution in [0.5, 0.6) is 0 Å². The Hall–Kier alpha value is -1.02. The third-order valence-corrected chi connectivity index (χ3v) is 2.76. The minimum atomic E-state index is -0.158. The molecule has 2 heteroatoms. The molecule has 2 nitrogen and oxygen atoms in total. The van der Waals surface area contributed by atoms with Crippen LogP contribution in [0.3, 0.4) is 0 Å². The number of anilines is 1. The first kappa shape index (κ1) is 8.57. The molecule has 0 bridgehead atoms. The van der Waals surface area contributed by atoms with Crippen LogP contribution in [0, 0.1) is 6.92 Å². The second kappa shape index (κ2) is 2.74. The summed E-state index contributed by atoms with van der Waals surface area (Å²) in [5, 5.41) is 12.6. The Morgan fingerprint density at radius 2 is 2.31 bits per heavy atom. The summed E-state index contributed by atoms with van der Waals surface area (Å²) in [6.07, 6.45) is 0.922. The smallest absolute Gasteiger partial charge is 0.0662 e. The molecule has 13 heavy (non-hydrogen) atoms. The molecule has 1 atom stereocenters. The summed E-state index contributed by atoms with van der Waals surface area (Å²) in [7, 11) is 0. The zero-order valence-corrected chi connectivity index (χ0v) is 8.09. The number of nitrogens with one attached hydrogen (secondary N) is 1. The Balaban J connectivity index is 2.40. The van der Waals surface area contributed by atoms with Gasteiger partial charge in [-0.25, -0.2) is 0 Å². The minimum absolute atomic E-state index is 0.158. The molecule has 0 aromatic heterocycles. The Bertz CT molecular complexity index is 335. The van der Waals surface area contributed by atoms with Crippen LogP contribution in [0.2, 0.25) is 0 Å². The first-order valence-electron chi connectivity index (χ1n) is 4.62. The highest BCUT2D eigenvalue weighted by molar-refractivity contribution is 5.61. The van der Waals surface area contributed by atoms with Crippen molar-refractivity contribution in [3.05, 3.63) is 29.3 Å². The fourth-order valence-electron chi connectivity index (χ4n) is 1.91. The Morgan fingerprint density at radius 1 is 1.54 bits per heavy atom. The lowest BCUT2D eigenvalue weighted by Gasteiger charge is -2.21. The van der Waals surface area contributed by atoms with Gasteiger partial charge in [0, 0.05) is 5.69 Å². The predicted molar refractivity (Wildman–Crippen MR) is 54.0 cm³/mol. The molecule has 70 valence electrons. The topological polar surface area (TPSA) is 32.3 Å². The molecule has 2 N–H and O–H groups in total. The van der Waals surface area contributed by atoms with E-state index in [9.17, 15) is 5.11 Å². The summed E-state index contributed by atoms with van der Waals surface area (Å²) in [6.45, 7) is 4.34. The number of aryl methyl sites for hydroxylation is 1. The fourth-order valence-corrected chi connectivity index (χ4v) is 1.91. The van der Waals surface area contributed by atoms with Gasteiger partial charge in [0.1, 0.15) is 0 Å². The van der Waals surface area contributed by atoms with Gasteiger partial charge in [-0.05, 0) is 37.5 Å². The van der Waals surface area contributed by atoms with Crippen molar-refractivity contribution in [2.45, 2.75) is 25.8 Å². The van der Waals surface area contributed by atoms with Gasteiger partial charge < -0.3 is 10.4 Å². The van der Waals surface area contributed by atoms with Crippen molar-refractivity contribution < 1.29 is 5.11 Å². The second-order valence-electron chi connectivity index (χ2n) is 4.12. The summed E-state index contributed by atoms with van der Waals surface area (Å²) < 4.78 is 0. The van der Waals surface area contributed by atoms with E-state index in [1.165, 1.54) is 16.8 Å². The second-order valence-corrected chi connectivity index (χ2v) is 4.12. The summed E-state index contributed by atoms with van der Waals surface area (Å²) in [6, 6.07) is 6.23. The third kappa shape index (κ3) is 1.31. The van der Waals surface area contributed by atoms with Crippen LogP contribution in [0.15, 0.2) is 18.2 Å². The fraction of sp³-hybridized carbons (Fsp3) is 0.455. The zero-order valence-electron chi connectivity index (χ0n) is 8.09. The van der Waals surface area contributed by atoms with Crippen LogP contribution in [0.25, 0.3) is 0 Å². The van der Waals surface area contributed by atoms with E-state index in [2.05, 4.69) is 24.4 Å². The van der Waals surface area contributed by atoms with E-state index < -0.39 is 0 Å². The molecule has 0 radical (unpaired) electrons. The van der Waals surface area contributed by atoms with Crippen molar-refractivity contribution in [3.63, 3.8) is 0 Å². The van der Waals surface area contributed by atoms with Crippen molar-refractivity contribution in [1.82, 2.24) is 0 Å². The Kier molecular flexibility index (Phi) is 1.81. The third-order valence-electron chi connectivity index (χ3n) is 2.76. The van der Waals surface area contributed by atoms with Crippen molar-refractivity contribution in [1.29, 1.82) is 0 Å². The highest BCUT2D eigenvalue weighted by Crippen LogP contribution is 2.33. The van der Waals surface area contributed by atoms with Crippen LogP contribution in [0.1, 0.15) is 18.1 Å². The number of hydrogen-bond acceptors (Lipinski definition) is 2. The molecule has 1 aliphatic rings. The average molecular weight is 177 g/mol. The monoisotopic (exact) mass is 177 g/mol. The van der Waals surface area contributed by atoms with Gasteiger partial charge in [-0.3, -0.25) is 0 Å². The molecule has 0 amide bonds. The maximum Gasteiger partial charge on any atom is 0.0662 e. The predicted octanol–water partition coefficient (Wildman–Crippen LogP) is 1.71. The Labute approximate surface area is 78.6 Å². The number of benzene rings is 1. The lowest BCUT2D eigenvalue weighted by atomic mass is 9.96. The van der Waals surface area contributed by atoms with Gasteiger partial charge in [-0.1, -0.05) is 12.1 Å². The summed E-state index contributed by atoms with van der Waals surface area (Å²) in [4.78, 5) is 0. The van der Waals surface area contributed by atoms with Crippen molar-refractivity contribution >= 4 is 5.69 Å². The molecule has 1 heterocycles. The van der Waals surface area contributed by atoms with Gasteiger partial charge in [0.15, 0.2) is 0 Å². The standard InChI is InChI=1S/C11H15NO/c1-8-4-3-5-10-9(8)6-11(2,7-13)12-10/h3-5,12-13H,6-7H2,1-2H3. The number of aliphatic hydroxyl groups excluding tert-OH is 1. The van der Waals surface area contributed by atoms with Crippen molar-refractivity contribution in [2.75, 3.05) is 11.9 Å². The molecule has 1 aromatic rings. The van der Waals surface area contributed by atoms with E-state index in [-0.39, 0.29) is 12.1 Å². The van der Waals surface area contributed by atoms with Crippen LogP contribution >= 0.6 is 0 Å². The van der Waals surface area contributed by atoms with Crippen molar-refractivity contribution in [3.8, 4) is 0 Å². The maximum absolute atomic E-state index is 9.23. The highest BCUT2D eigenvalue weighted by Gasteiger charge is 2.31. The molecule has 1 aromatic carbocycles. The molecule has 0 saturated carbocycles. The van der Waals surface area contributed by atoms with Crippen LogP contribution in [-0.4, -0.2) is 17.3 Å². The Morgan fingerprint density at radius 3 is 2.92 bits per heavy atom. The lowest BCUT2D eigenvalue weighted by Crippen LogP contribution is -2.36. The first-order chi connectivity index (χ1) is 6.14. The van der Waals surface area contributed by atoms with Crippen LogP contribution in [-0.2, 0) is 6.42 Å². The first-order valence-corrected chi connectivity index (χ1v) is 4.62. The van der Waals surface area contributed by atoms with Gasteiger partial charge in [-0.2, -0.15) is 0 Å². The zero-order chi connectivity index (χ0) is 9.47. The maximum atomic E-state index is 9.23. The van der Waals surface area contributed by atoms with E-state index in [0.717, 1.165) is 6.42 Å². The molecule has 1 unspecified atom stereocenters. The largest absolute Gasteiger partial charge is 0.394 e. The number of hydrogen-bond donors (Lipinski definition) is 2.